The lowest BCUT2D eigenvalue weighted by atomic mass is 10.2. The Labute approximate surface area is 103 Å². The summed E-state index contributed by atoms with van der Waals surface area (Å²) >= 11 is 1.78. The van der Waals surface area contributed by atoms with E-state index in [2.05, 4.69) is 9.97 Å². The smallest absolute Gasteiger partial charge is 0.254 e. The first-order valence-electron chi connectivity index (χ1n) is 5.22. The van der Waals surface area contributed by atoms with Crippen LogP contribution in [0.1, 0.15) is 28.0 Å². The topological polar surface area (TPSA) is 104 Å². The lowest BCUT2D eigenvalue weighted by Crippen LogP contribution is -2.22. The average molecular weight is 254 g/mol. The van der Waals surface area contributed by atoms with Gasteiger partial charge in [-0.25, -0.2) is 9.97 Å². The van der Waals surface area contributed by atoms with E-state index in [1.165, 1.54) is 0 Å². The van der Waals surface area contributed by atoms with Crippen LogP contribution in [0.4, 0.5) is 5.82 Å². The number of aryl methyl sites for hydroxylation is 1. The third-order valence-electron chi connectivity index (χ3n) is 2.49. The number of primary amides is 1. The van der Waals surface area contributed by atoms with Crippen LogP contribution in [0, 0.1) is 6.92 Å². The van der Waals surface area contributed by atoms with Crippen LogP contribution >= 0.6 is 11.8 Å². The molecule has 1 aliphatic heterocycles. The van der Waals surface area contributed by atoms with Gasteiger partial charge in [-0.1, -0.05) is 0 Å². The molecule has 7 heteroatoms. The number of hydrogen-bond acceptors (Lipinski definition) is 6. The molecule has 1 fully saturated rings. The number of carbonyl (C=O) groups is 1. The molecule has 0 bridgehead atoms. The van der Waals surface area contributed by atoms with Gasteiger partial charge in [0.2, 0.25) is 0 Å². The first-order valence-corrected chi connectivity index (χ1v) is 6.38. The van der Waals surface area contributed by atoms with Crippen molar-refractivity contribution < 1.29 is 9.53 Å². The van der Waals surface area contributed by atoms with Crippen LogP contribution in [0.25, 0.3) is 0 Å². The molecule has 0 spiro atoms. The number of ether oxygens (including phenoxy) is 1. The zero-order valence-electron chi connectivity index (χ0n) is 9.47. The molecule has 6 nitrogen and oxygen atoms in total. The second-order valence-corrected chi connectivity index (χ2v) is 4.88. The summed E-state index contributed by atoms with van der Waals surface area (Å²) in [6, 6.07) is 0. The van der Waals surface area contributed by atoms with Crippen molar-refractivity contribution in [2.45, 2.75) is 13.0 Å². The molecular weight excluding hydrogens is 240 g/mol. The minimum atomic E-state index is -0.606. The Morgan fingerprint density at radius 3 is 2.82 bits per heavy atom. The highest BCUT2D eigenvalue weighted by Gasteiger charge is 2.22. The fourth-order valence-corrected chi connectivity index (χ4v) is 2.54. The van der Waals surface area contributed by atoms with Crippen LogP contribution in [0.15, 0.2) is 0 Å². The molecule has 1 saturated heterocycles. The summed E-state index contributed by atoms with van der Waals surface area (Å²) in [5.41, 5.74) is 11.6. The molecule has 0 radical (unpaired) electrons. The fraction of sp³-hybridized carbons (Fsp3) is 0.500. The molecular formula is C10H14N4O2S. The highest BCUT2D eigenvalue weighted by Crippen LogP contribution is 2.25. The first kappa shape index (κ1) is 12.1. The third kappa shape index (κ3) is 2.50. The Morgan fingerprint density at radius 2 is 2.29 bits per heavy atom. The van der Waals surface area contributed by atoms with E-state index in [-0.39, 0.29) is 17.5 Å². The molecule has 92 valence electrons. The Balaban J connectivity index is 2.34. The van der Waals surface area contributed by atoms with Crippen molar-refractivity contribution in [3.05, 3.63) is 17.1 Å². The lowest BCUT2D eigenvalue weighted by Gasteiger charge is -2.21. The van der Waals surface area contributed by atoms with Crippen LogP contribution in [0.2, 0.25) is 0 Å². The van der Waals surface area contributed by atoms with Crippen LogP contribution in [-0.4, -0.2) is 34.0 Å². The van der Waals surface area contributed by atoms with E-state index in [1.54, 1.807) is 18.7 Å². The van der Waals surface area contributed by atoms with Crippen molar-refractivity contribution in [1.82, 2.24) is 9.97 Å². The summed E-state index contributed by atoms with van der Waals surface area (Å²) in [4.78, 5) is 19.5. The summed E-state index contributed by atoms with van der Waals surface area (Å²) in [5, 5.41) is 0. The number of thioether (sulfide) groups is 1. The van der Waals surface area contributed by atoms with Crippen molar-refractivity contribution in [2.75, 3.05) is 23.8 Å². The molecule has 1 aromatic heterocycles. The van der Waals surface area contributed by atoms with Gasteiger partial charge in [0.05, 0.1) is 12.3 Å². The van der Waals surface area contributed by atoms with E-state index in [4.69, 9.17) is 16.2 Å². The number of nitrogens with zero attached hydrogens (tertiary/aromatic N) is 2. The number of nitrogen functional groups attached to an aromatic ring is 1. The molecule has 0 aromatic carbocycles. The molecule has 1 amide bonds. The third-order valence-corrected chi connectivity index (χ3v) is 3.48. The Morgan fingerprint density at radius 1 is 1.53 bits per heavy atom. The van der Waals surface area contributed by atoms with Crippen LogP contribution in [0.5, 0.6) is 0 Å². The molecule has 1 aromatic rings. The quantitative estimate of drug-likeness (QED) is 0.785. The molecule has 2 rings (SSSR count). The summed E-state index contributed by atoms with van der Waals surface area (Å²) in [5.74, 6) is 1.82. The second kappa shape index (κ2) is 4.89. The summed E-state index contributed by atoms with van der Waals surface area (Å²) in [6.07, 6.45) is -0.156. The van der Waals surface area contributed by atoms with Gasteiger partial charge in [0.1, 0.15) is 17.5 Å². The van der Waals surface area contributed by atoms with E-state index in [0.29, 0.717) is 18.1 Å². The monoisotopic (exact) mass is 254 g/mol. The molecule has 1 atom stereocenters. The van der Waals surface area contributed by atoms with Gasteiger partial charge >= 0.3 is 0 Å². The van der Waals surface area contributed by atoms with Gasteiger partial charge in [0.25, 0.3) is 5.91 Å². The molecule has 0 aliphatic carbocycles. The van der Waals surface area contributed by atoms with E-state index in [1.807, 2.05) is 0 Å². The average Bonchev–Trinajstić information content (AvgIpc) is 2.28. The number of hydrogen-bond donors (Lipinski definition) is 2. The van der Waals surface area contributed by atoms with E-state index in [0.717, 1.165) is 11.5 Å². The lowest BCUT2D eigenvalue weighted by molar-refractivity contribution is 0.0693. The van der Waals surface area contributed by atoms with Gasteiger partial charge in [-0.05, 0) is 6.92 Å². The van der Waals surface area contributed by atoms with Crippen molar-refractivity contribution >= 4 is 23.5 Å². The summed E-state index contributed by atoms with van der Waals surface area (Å²) < 4.78 is 5.56. The maximum Gasteiger partial charge on any atom is 0.254 e. The van der Waals surface area contributed by atoms with Crippen molar-refractivity contribution in [3.63, 3.8) is 0 Å². The normalized spacial score (nSPS) is 20.2. The van der Waals surface area contributed by atoms with E-state index >= 15 is 0 Å². The van der Waals surface area contributed by atoms with Crippen molar-refractivity contribution in [2.24, 2.45) is 5.73 Å². The van der Waals surface area contributed by atoms with Gasteiger partial charge < -0.3 is 16.2 Å². The van der Waals surface area contributed by atoms with E-state index < -0.39 is 5.91 Å². The number of amides is 1. The Bertz CT molecular complexity index is 423. The number of rotatable bonds is 2. The number of carbonyl (C=O) groups excluding carboxylic acids is 1. The Hall–Kier alpha value is -1.34. The SMILES string of the molecule is Cc1nc(C2CSCCO2)nc(N)c1C(N)=O. The Kier molecular flexibility index (Phi) is 3.49. The maximum absolute atomic E-state index is 11.2. The van der Waals surface area contributed by atoms with Gasteiger partial charge in [-0.15, -0.1) is 0 Å². The molecule has 4 N–H and O–H groups in total. The molecule has 1 unspecified atom stereocenters. The van der Waals surface area contributed by atoms with Gasteiger partial charge in [0.15, 0.2) is 5.82 Å². The highest BCUT2D eigenvalue weighted by molar-refractivity contribution is 7.99. The minimum absolute atomic E-state index is 0.124. The first-order chi connectivity index (χ1) is 8.09. The standard InChI is InChI=1S/C10H14N4O2S/c1-5-7(9(12)15)8(11)14-10(13-5)6-4-17-3-2-16-6/h6H,2-4H2,1H3,(H2,12,15)(H2,11,13,14). The van der Waals surface area contributed by atoms with Crippen LogP contribution in [-0.2, 0) is 4.74 Å². The maximum atomic E-state index is 11.2. The van der Waals surface area contributed by atoms with Crippen molar-refractivity contribution in [1.29, 1.82) is 0 Å². The predicted octanol–water partition coefficient (Wildman–Crippen LogP) is 0.271. The summed E-state index contributed by atoms with van der Waals surface area (Å²) in [7, 11) is 0. The van der Waals surface area contributed by atoms with Crippen molar-refractivity contribution in [3.8, 4) is 0 Å². The molecule has 2 heterocycles. The zero-order valence-corrected chi connectivity index (χ0v) is 10.3. The zero-order chi connectivity index (χ0) is 12.4. The largest absolute Gasteiger partial charge is 0.383 e. The van der Waals surface area contributed by atoms with Crippen LogP contribution in [0.3, 0.4) is 0 Å². The van der Waals surface area contributed by atoms with Gasteiger partial charge in [-0.3, -0.25) is 4.79 Å². The number of nitrogens with two attached hydrogens (primary N) is 2. The van der Waals surface area contributed by atoms with E-state index in [9.17, 15) is 4.79 Å². The number of anilines is 1. The molecule has 17 heavy (non-hydrogen) atoms. The predicted molar refractivity (Wildman–Crippen MR) is 65.7 cm³/mol. The van der Waals surface area contributed by atoms with Gasteiger partial charge in [-0.2, -0.15) is 11.8 Å². The fourth-order valence-electron chi connectivity index (χ4n) is 1.70. The summed E-state index contributed by atoms with van der Waals surface area (Å²) in [6.45, 7) is 2.37. The molecule has 1 aliphatic rings. The highest BCUT2D eigenvalue weighted by atomic mass is 32.2. The minimum Gasteiger partial charge on any atom is -0.383 e. The van der Waals surface area contributed by atoms with Gasteiger partial charge in [0, 0.05) is 11.5 Å². The second-order valence-electron chi connectivity index (χ2n) is 3.73. The molecule has 0 saturated carbocycles. The van der Waals surface area contributed by atoms with Crippen LogP contribution < -0.4 is 11.5 Å². The number of aromatic nitrogens is 2.